The predicted octanol–water partition coefficient (Wildman–Crippen LogP) is 3.13. The van der Waals surface area contributed by atoms with Crippen LogP contribution in [0, 0.1) is 23.7 Å². The lowest BCUT2D eigenvalue weighted by molar-refractivity contribution is -0.147. The van der Waals surface area contributed by atoms with Gasteiger partial charge in [-0.25, -0.2) is 0 Å². The number of halogens is 2. The summed E-state index contributed by atoms with van der Waals surface area (Å²) >= 11 is 11.9. The van der Waals surface area contributed by atoms with Crippen molar-refractivity contribution in [3.8, 4) is 0 Å². The molecule has 1 saturated carbocycles. The van der Waals surface area contributed by atoms with E-state index in [4.69, 9.17) is 23.2 Å². The summed E-state index contributed by atoms with van der Waals surface area (Å²) in [5.74, 6) is -2.27. The fourth-order valence-corrected chi connectivity index (χ4v) is 3.96. The Morgan fingerprint density at radius 2 is 1.86 bits per heavy atom. The third kappa shape index (κ3) is 2.73. The summed E-state index contributed by atoms with van der Waals surface area (Å²) in [6.45, 7) is 0.263. The van der Waals surface area contributed by atoms with E-state index in [1.807, 2.05) is 12.2 Å². The van der Waals surface area contributed by atoms with Crippen molar-refractivity contribution >= 4 is 35.1 Å². The second-order valence-corrected chi connectivity index (χ2v) is 6.64. The van der Waals surface area contributed by atoms with Crippen LogP contribution in [-0.4, -0.2) is 17.0 Å². The normalized spacial score (nSPS) is 28.8. The van der Waals surface area contributed by atoms with E-state index >= 15 is 0 Å². The minimum Gasteiger partial charge on any atom is -0.481 e. The number of rotatable bonds is 4. The number of allylic oxidation sites excluding steroid dienone is 2. The lowest BCUT2D eigenvalue weighted by Gasteiger charge is -2.24. The molecule has 0 unspecified atom stereocenters. The zero-order chi connectivity index (χ0) is 15.9. The molecule has 2 aliphatic carbocycles. The van der Waals surface area contributed by atoms with Gasteiger partial charge in [-0.3, -0.25) is 9.59 Å². The minimum absolute atomic E-state index is 0.0202. The predicted molar refractivity (Wildman–Crippen MR) is 83.7 cm³/mol. The maximum absolute atomic E-state index is 12.4. The Morgan fingerprint density at radius 3 is 2.50 bits per heavy atom. The van der Waals surface area contributed by atoms with Gasteiger partial charge >= 0.3 is 5.97 Å². The average Bonchev–Trinajstić information content (AvgIpc) is 3.06. The Labute approximate surface area is 138 Å². The van der Waals surface area contributed by atoms with E-state index in [0.29, 0.717) is 10.0 Å². The van der Waals surface area contributed by atoms with Crippen molar-refractivity contribution < 1.29 is 14.7 Å². The van der Waals surface area contributed by atoms with Gasteiger partial charge in [0.15, 0.2) is 0 Å². The van der Waals surface area contributed by atoms with Crippen molar-refractivity contribution in [3.63, 3.8) is 0 Å². The summed E-state index contributed by atoms with van der Waals surface area (Å²) in [7, 11) is 0. The number of amides is 1. The lowest BCUT2D eigenvalue weighted by atomic mass is 9.82. The average molecular weight is 340 g/mol. The lowest BCUT2D eigenvalue weighted by Crippen LogP contribution is -2.39. The topological polar surface area (TPSA) is 66.4 Å². The number of carboxylic acids is 1. The number of aliphatic carboxylic acids is 1. The Kier molecular flexibility index (Phi) is 4.15. The number of hydrogen-bond donors (Lipinski definition) is 2. The van der Waals surface area contributed by atoms with Crippen molar-refractivity contribution in [2.45, 2.75) is 13.0 Å². The van der Waals surface area contributed by atoms with Gasteiger partial charge in [0.1, 0.15) is 0 Å². The van der Waals surface area contributed by atoms with Crippen LogP contribution in [-0.2, 0) is 16.1 Å². The van der Waals surface area contributed by atoms with Crippen molar-refractivity contribution in [2.75, 3.05) is 0 Å². The molecule has 1 aromatic rings. The van der Waals surface area contributed by atoms with E-state index in [1.54, 1.807) is 18.2 Å². The van der Waals surface area contributed by atoms with Crippen LogP contribution in [0.1, 0.15) is 12.0 Å². The van der Waals surface area contributed by atoms with E-state index in [1.165, 1.54) is 0 Å². The summed E-state index contributed by atoms with van der Waals surface area (Å²) in [4.78, 5) is 23.8. The maximum atomic E-state index is 12.4. The van der Waals surface area contributed by atoms with Crippen LogP contribution in [0.5, 0.6) is 0 Å². The molecule has 0 radical (unpaired) electrons. The molecule has 0 saturated heterocycles. The van der Waals surface area contributed by atoms with Crippen molar-refractivity contribution in [1.29, 1.82) is 0 Å². The van der Waals surface area contributed by atoms with Gasteiger partial charge in [-0.05, 0) is 36.0 Å². The van der Waals surface area contributed by atoms with Crippen LogP contribution in [0.2, 0.25) is 10.0 Å². The molecule has 1 amide bonds. The summed E-state index contributed by atoms with van der Waals surface area (Å²) in [5, 5.41) is 13.2. The summed E-state index contributed by atoms with van der Waals surface area (Å²) in [6, 6.07) is 5.07. The number of carboxylic acid groups (broad SMARTS) is 1. The molecule has 2 N–H and O–H groups in total. The fourth-order valence-electron chi connectivity index (χ4n) is 3.48. The Morgan fingerprint density at radius 1 is 1.18 bits per heavy atom. The maximum Gasteiger partial charge on any atom is 0.307 e. The van der Waals surface area contributed by atoms with Crippen LogP contribution in [0.3, 0.4) is 0 Å². The molecule has 6 heteroatoms. The van der Waals surface area contributed by atoms with E-state index in [9.17, 15) is 14.7 Å². The van der Waals surface area contributed by atoms with Gasteiger partial charge in [0, 0.05) is 16.6 Å². The molecule has 0 heterocycles. The minimum atomic E-state index is -0.901. The van der Waals surface area contributed by atoms with Gasteiger partial charge in [-0.2, -0.15) is 0 Å². The SMILES string of the molecule is O=C(O)[C@@H]1[C@H](C(=O)NCc2ccc(Cl)cc2Cl)[C@@H]2C=C[C@H]1C2. The van der Waals surface area contributed by atoms with Gasteiger partial charge in [0.25, 0.3) is 0 Å². The molecule has 3 rings (SSSR count). The smallest absolute Gasteiger partial charge is 0.307 e. The first kappa shape index (κ1) is 15.4. The van der Waals surface area contributed by atoms with Crippen molar-refractivity contribution in [3.05, 3.63) is 46.0 Å². The number of fused-ring (bicyclic) bond motifs is 2. The first-order valence-corrected chi connectivity index (χ1v) is 7.85. The zero-order valence-corrected chi connectivity index (χ0v) is 13.1. The molecule has 2 bridgehead atoms. The molecular formula is C16H15Cl2NO3. The summed E-state index contributed by atoms with van der Waals surface area (Å²) in [6.07, 6.45) is 4.63. The molecule has 4 atom stereocenters. The Hall–Kier alpha value is -1.52. The quantitative estimate of drug-likeness (QED) is 0.828. The largest absolute Gasteiger partial charge is 0.481 e. The highest BCUT2D eigenvalue weighted by molar-refractivity contribution is 6.35. The molecule has 0 spiro atoms. The number of nitrogens with one attached hydrogen (secondary N) is 1. The molecule has 4 nitrogen and oxygen atoms in total. The van der Waals surface area contributed by atoms with E-state index in [0.717, 1.165) is 12.0 Å². The third-order valence-corrected chi connectivity index (χ3v) is 5.10. The van der Waals surface area contributed by atoms with Gasteiger partial charge in [-0.1, -0.05) is 41.4 Å². The number of hydrogen-bond acceptors (Lipinski definition) is 2. The highest BCUT2D eigenvalue weighted by Crippen LogP contribution is 2.48. The molecular weight excluding hydrogens is 325 g/mol. The second kappa shape index (κ2) is 5.94. The standard InChI is InChI=1S/C16H15Cl2NO3/c17-11-4-3-10(12(18)6-11)7-19-15(20)13-8-1-2-9(5-8)14(13)16(21)22/h1-4,6,8-9,13-14H,5,7H2,(H,19,20)(H,21,22)/t8-,9+,13-,14+/m1/s1. The summed E-state index contributed by atoms with van der Waals surface area (Å²) < 4.78 is 0. The molecule has 0 aliphatic heterocycles. The molecule has 22 heavy (non-hydrogen) atoms. The van der Waals surface area contributed by atoms with Crippen LogP contribution in [0.15, 0.2) is 30.4 Å². The van der Waals surface area contributed by atoms with E-state index in [2.05, 4.69) is 5.32 Å². The number of benzene rings is 1. The molecule has 0 aromatic heterocycles. The molecule has 116 valence electrons. The highest BCUT2D eigenvalue weighted by atomic mass is 35.5. The highest BCUT2D eigenvalue weighted by Gasteiger charge is 2.51. The van der Waals surface area contributed by atoms with Crippen LogP contribution < -0.4 is 5.32 Å². The van der Waals surface area contributed by atoms with Gasteiger partial charge in [0.2, 0.25) is 5.91 Å². The number of carbonyl (C=O) groups is 2. The van der Waals surface area contributed by atoms with Crippen LogP contribution >= 0.6 is 23.2 Å². The van der Waals surface area contributed by atoms with E-state index < -0.39 is 17.8 Å². The molecule has 2 aliphatic rings. The summed E-state index contributed by atoms with van der Waals surface area (Å²) in [5.41, 5.74) is 0.755. The number of carbonyl (C=O) groups excluding carboxylic acids is 1. The van der Waals surface area contributed by atoms with Gasteiger partial charge in [-0.15, -0.1) is 0 Å². The first-order valence-electron chi connectivity index (χ1n) is 7.10. The monoisotopic (exact) mass is 339 g/mol. The van der Waals surface area contributed by atoms with Gasteiger partial charge < -0.3 is 10.4 Å². The molecule has 1 fully saturated rings. The zero-order valence-electron chi connectivity index (χ0n) is 11.6. The molecule has 1 aromatic carbocycles. The first-order chi connectivity index (χ1) is 10.5. The Bertz CT molecular complexity index is 659. The van der Waals surface area contributed by atoms with Crippen molar-refractivity contribution in [2.24, 2.45) is 23.7 Å². The second-order valence-electron chi connectivity index (χ2n) is 5.79. The van der Waals surface area contributed by atoms with Crippen LogP contribution in [0.4, 0.5) is 0 Å². The van der Waals surface area contributed by atoms with Crippen LogP contribution in [0.25, 0.3) is 0 Å². The third-order valence-electron chi connectivity index (χ3n) is 4.52. The fraction of sp³-hybridized carbons (Fsp3) is 0.375. The van der Waals surface area contributed by atoms with Crippen molar-refractivity contribution in [1.82, 2.24) is 5.32 Å². The van der Waals surface area contributed by atoms with E-state index in [-0.39, 0.29) is 24.3 Å². The van der Waals surface area contributed by atoms with Gasteiger partial charge in [0.05, 0.1) is 11.8 Å². The Balaban J connectivity index is 1.69.